The van der Waals surface area contributed by atoms with Crippen LogP contribution in [0.15, 0.2) is 0 Å². The Labute approximate surface area is 109 Å². The van der Waals surface area contributed by atoms with Gasteiger partial charge in [-0.2, -0.15) is 0 Å². The summed E-state index contributed by atoms with van der Waals surface area (Å²) < 4.78 is 0. The Balaban J connectivity index is 4.31. The van der Waals surface area contributed by atoms with Crippen molar-refractivity contribution in [1.82, 2.24) is 10.6 Å². The van der Waals surface area contributed by atoms with Crippen LogP contribution in [0.25, 0.3) is 0 Å². The number of aliphatic carboxylic acids is 1. The smallest absolute Gasteiger partial charge is 0.326 e. The van der Waals surface area contributed by atoms with Crippen LogP contribution >= 0.6 is 0 Å². The van der Waals surface area contributed by atoms with Gasteiger partial charge in [-0.3, -0.25) is 0 Å². The Morgan fingerprint density at radius 1 is 1.22 bits per heavy atom. The third kappa shape index (κ3) is 6.47. The summed E-state index contributed by atoms with van der Waals surface area (Å²) in [5.41, 5.74) is -0.518. The monoisotopic (exact) mass is 258 g/mol. The van der Waals surface area contributed by atoms with Gasteiger partial charge in [0.05, 0.1) is 0 Å². The zero-order valence-corrected chi connectivity index (χ0v) is 12.0. The first-order valence-corrected chi connectivity index (χ1v) is 6.48. The van der Waals surface area contributed by atoms with Crippen molar-refractivity contribution in [2.24, 2.45) is 5.41 Å². The van der Waals surface area contributed by atoms with E-state index in [0.29, 0.717) is 0 Å². The van der Waals surface area contributed by atoms with E-state index in [0.717, 1.165) is 19.3 Å². The summed E-state index contributed by atoms with van der Waals surface area (Å²) in [5, 5.41) is 14.4. The number of unbranched alkanes of at least 4 members (excludes halogenated alkanes) is 1. The summed E-state index contributed by atoms with van der Waals surface area (Å²) in [6.07, 6.45) is 3.02. The first-order valence-electron chi connectivity index (χ1n) is 6.48. The van der Waals surface area contributed by atoms with Gasteiger partial charge in [0, 0.05) is 6.04 Å². The molecule has 0 saturated heterocycles. The van der Waals surface area contributed by atoms with Gasteiger partial charge in [0.1, 0.15) is 6.04 Å². The first-order chi connectivity index (χ1) is 8.18. The second-order valence-corrected chi connectivity index (χ2v) is 5.80. The molecule has 0 bridgehead atoms. The molecule has 5 heteroatoms. The minimum absolute atomic E-state index is 0.0550. The Hall–Kier alpha value is -1.26. The molecule has 0 radical (unpaired) electrons. The topological polar surface area (TPSA) is 78.4 Å². The molecule has 0 aliphatic heterocycles. The van der Waals surface area contributed by atoms with E-state index in [1.807, 2.05) is 6.92 Å². The van der Waals surface area contributed by atoms with Gasteiger partial charge in [0.15, 0.2) is 0 Å². The van der Waals surface area contributed by atoms with Crippen molar-refractivity contribution in [3.05, 3.63) is 0 Å². The number of hydrogen-bond acceptors (Lipinski definition) is 2. The lowest BCUT2D eigenvalue weighted by molar-refractivity contribution is -0.141. The molecule has 3 N–H and O–H groups in total. The van der Waals surface area contributed by atoms with Crippen molar-refractivity contribution in [1.29, 1.82) is 0 Å². The molecular formula is C13H26N2O3. The van der Waals surface area contributed by atoms with Crippen molar-refractivity contribution in [3.63, 3.8) is 0 Å². The lowest BCUT2D eigenvalue weighted by atomic mass is 9.87. The molecule has 0 heterocycles. The quantitative estimate of drug-likeness (QED) is 0.684. The molecule has 0 spiro atoms. The number of urea groups is 1. The van der Waals surface area contributed by atoms with Crippen LogP contribution in [0.2, 0.25) is 0 Å². The Morgan fingerprint density at radius 3 is 2.17 bits per heavy atom. The van der Waals surface area contributed by atoms with E-state index in [1.165, 1.54) is 0 Å². The van der Waals surface area contributed by atoms with Gasteiger partial charge in [-0.1, -0.05) is 40.5 Å². The molecule has 0 fully saturated rings. The molecule has 18 heavy (non-hydrogen) atoms. The molecule has 2 amide bonds. The van der Waals surface area contributed by atoms with E-state index in [1.54, 1.807) is 20.8 Å². The number of hydrogen-bond donors (Lipinski definition) is 3. The predicted molar refractivity (Wildman–Crippen MR) is 71.5 cm³/mol. The third-order valence-electron chi connectivity index (χ3n) is 2.76. The van der Waals surface area contributed by atoms with Crippen molar-refractivity contribution in [3.8, 4) is 0 Å². The zero-order valence-electron chi connectivity index (χ0n) is 12.0. The molecule has 5 nitrogen and oxygen atoms in total. The molecule has 0 aromatic heterocycles. The third-order valence-corrected chi connectivity index (χ3v) is 2.76. The maximum absolute atomic E-state index is 11.7. The highest BCUT2D eigenvalue weighted by molar-refractivity contribution is 5.83. The maximum atomic E-state index is 11.7. The van der Waals surface area contributed by atoms with Crippen LogP contribution in [0.5, 0.6) is 0 Å². The number of carboxylic acids is 1. The van der Waals surface area contributed by atoms with Crippen LogP contribution in [0.3, 0.4) is 0 Å². The Bertz CT molecular complexity index is 284. The van der Waals surface area contributed by atoms with E-state index in [-0.39, 0.29) is 6.04 Å². The number of carbonyl (C=O) groups excluding carboxylic acids is 1. The van der Waals surface area contributed by atoms with Gasteiger partial charge in [0.2, 0.25) is 0 Å². The average Bonchev–Trinajstić information content (AvgIpc) is 2.21. The van der Waals surface area contributed by atoms with Gasteiger partial charge in [-0.05, 0) is 18.8 Å². The minimum Gasteiger partial charge on any atom is -0.480 e. The fourth-order valence-electron chi connectivity index (χ4n) is 1.63. The summed E-state index contributed by atoms with van der Waals surface area (Å²) >= 11 is 0. The summed E-state index contributed by atoms with van der Waals surface area (Å²) in [6.45, 7) is 9.36. The fraction of sp³-hybridized carbons (Fsp3) is 0.846. The first kappa shape index (κ1) is 16.7. The molecule has 1 unspecified atom stereocenters. The second kappa shape index (κ2) is 7.24. The van der Waals surface area contributed by atoms with Gasteiger partial charge in [-0.25, -0.2) is 9.59 Å². The van der Waals surface area contributed by atoms with Crippen molar-refractivity contribution >= 4 is 12.0 Å². The van der Waals surface area contributed by atoms with Crippen LogP contribution in [0, 0.1) is 5.41 Å². The Kier molecular flexibility index (Phi) is 6.73. The molecule has 0 saturated carbocycles. The summed E-state index contributed by atoms with van der Waals surface area (Å²) in [5.74, 6) is -1.01. The minimum atomic E-state index is -1.01. The highest BCUT2D eigenvalue weighted by Gasteiger charge is 2.32. The molecule has 0 aromatic rings. The number of carbonyl (C=O) groups is 2. The standard InChI is InChI=1S/C13H26N2O3/c1-6-7-8-9(2)14-12(18)15-10(11(16)17)13(3,4)5/h9-10H,6-8H2,1-5H3,(H,16,17)(H2,14,15,18)/t9?,10-/m1/s1. The lowest BCUT2D eigenvalue weighted by Gasteiger charge is -2.28. The van der Waals surface area contributed by atoms with E-state index in [2.05, 4.69) is 17.6 Å². The van der Waals surface area contributed by atoms with Crippen LogP contribution in [-0.4, -0.2) is 29.2 Å². The predicted octanol–water partition coefficient (Wildman–Crippen LogP) is 2.36. The maximum Gasteiger partial charge on any atom is 0.326 e. The largest absolute Gasteiger partial charge is 0.480 e. The Morgan fingerprint density at radius 2 is 1.78 bits per heavy atom. The molecule has 0 rings (SSSR count). The second-order valence-electron chi connectivity index (χ2n) is 5.80. The number of nitrogens with one attached hydrogen (secondary N) is 2. The lowest BCUT2D eigenvalue weighted by Crippen LogP contribution is -2.53. The highest BCUT2D eigenvalue weighted by atomic mass is 16.4. The molecule has 2 atom stereocenters. The van der Waals surface area contributed by atoms with E-state index < -0.39 is 23.5 Å². The van der Waals surface area contributed by atoms with Crippen LogP contribution in [0.1, 0.15) is 53.9 Å². The number of carboxylic acid groups (broad SMARTS) is 1. The van der Waals surface area contributed by atoms with E-state index in [4.69, 9.17) is 5.11 Å². The van der Waals surface area contributed by atoms with Gasteiger partial charge >= 0.3 is 12.0 Å². The van der Waals surface area contributed by atoms with Crippen LogP contribution < -0.4 is 10.6 Å². The van der Waals surface area contributed by atoms with E-state index >= 15 is 0 Å². The van der Waals surface area contributed by atoms with Crippen molar-refractivity contribution < 1.29 is 14.7 Å². The van der Waals surface area contributed by atoms with Gasteiger partial charge < -0.3 is 15.7 Å². The number of rotatable bonds is 6. The molecule has 0 aliphatic carbocycles. The average molecular weight is 258 g/mol. The number of amides is 2. The van der Waals surface area contributed by atoms with Crippen molar-refractivity contribution in [2.75, 3.05) is 0 Å². The normalized spacial score (nSPS) is 14.7. The SMILES string of the molecule is CCCCC(C)NC(=O)N[C@H](C(=O)O)C(C)(C)C. The molecule has 0 aromatic carbocycles. The van der Waals surface area contributed by atoms with Crippen LogP contribution in [-0.2, 0) is 4.79 Å². The van der Waals surface area contributed by atoms with Gasteiger partial charge in [-0.15, -0.1) is 0 Å². The molecule has 106 valence electrons. The zero-order chi connectivity index (χ0) is 14.3. The highest BCUT2D eigenvalue weighted by Crippen LogP contribution is 2.19. The van der Waals surface area contributed by atoms with Crippen molar-refractivity contribution in [2.45, 2.75) is 66.0 Å². The fourth-order valence-corrected chi connectivity index (χ4v) is 1.63. The summed E-state index contributed by atoms with van der Waals surface area (Å²) in [4.78, 5) is 22.8. The van der Waals surface area contributed by atoms with Gasteiger partial charge in [0.25, 0.3) is 0 Å². The molecule has 0 aliphatic rings. The molecular weight excluding hydrogens is 232 g/mol. The van der Waals surface area contributed by atoms with E-state index in [9.17, 15) is 9.59 Å². The van der Waals surface area contributed by atoms with Crippen LogP contribution in [0.4, 0.5) is 4.79 Å². The summed E-state index contributed by atoms with van der Waals surface area (Å²) in [6, 6.07) is -1.25. The summed E-state index contributed by atoms with van der Waals surface area (Å²) in [7, 11) is 0.